The van der Waals surface area contributed by atoms with Gasteiger partial charge in [-0.2, -0.15) is 5.10 Å². The van der Waals surface area contributed by atoms with Gasteiger partial charge in [-0.1, -0.05) is 15.9 Å². The fraction of sp³-hybridized carbons (Fsp3) is 0.308. The highest BCUT2D eigenvalue weighted by atomic mass is 79.9. The van der Waals surface area contributed by atoms with E-state index in [2.05, 4.69) is 21.0 Å². The van der Waals surface area contributed by atoms with E-state index in [1.165, 1.54) is 6.07 Å². The molecule has 1 N–H and O–H groups in total. The fourth-order valence-corrected chi connectivity index (χ4v) is 2.24. The van der Waals surface area contributed by atoms with Crippen LogP contribution < -0.4 is 0 Å². The maximum absolute atomic E-state index is 13.6. The first-order chi connectivity index (χ1) is 8.58. The molecule has 18 heavy (non-hydrogen) atoms. The number of aliphatic hydroxyl groups excluding tert-OH is 1. The maximum Gasteiger partial charge on any atom is 0.129 e. The highest BCUT2D eigenvalue weighted by molar-refractivity contribution is 9.10. The summed E-state index contributed by atoms with van der Waals surface area (Å²) in [7, 11) is 1.85. The fourth-order valence-electron chi connectivity index (χ4n) is 1.86. The molecule has 0 aliphatic heterocycles. The van der Waals surface area contributed by atoms with E-state index in [-0.39, 0.29) is 5.82 Å². The molecule has 0 bridgehead atoms. The molecule has 1 atom stereocenters. The van der Waals surface area contributed by atoms with Crippen LogP contribution in [0.4, 0.5) is 4.39 Å². The third-order valence-corrected chi connectivity index (χ3v) is 3.41. The molecule has 1 heterocycles. The van der Waals surface area contributed by atoms with Crippen molar-refractivity contribution in [2.24, 2.45) is 7.05 Å². The van der Waals surface area contributed by atoms with Crippen LogP contribution in [0.2, 0.25) is 0 Å². The zero-order valence-electron chi connectivity index (χ0n) is 9.98. The number of hydrogen-bond acceptors (Lipinski definition) is 2. The lowest BCUT2D eigenvalue weighted by atomic mass is 10.0. The molecule has 1 aromatic carbocycles. The van der Waals surface area contributed by atoms with Crippen LogP contribution in [-0.2, 0) is 13.5 Å². The second-order valence-electron chi connectivity index (χ2n) is 4.17. The number of nitrogens with zero attached hydrogens (tertiary/aromatic N) is 2. The number of hydrogen-bond donors (Lipinski definition) is 1. The van der Waals surface area contributed by atoms with Crippen molar-refractivity contribution in [2.45, 2.75) is 18.9 Å². The summed E-state index contributed by atoms with van der Waals surface area (Å²) in [5.74, 6) is -0.379. The van der Waals surface area contributed by atoms with Crippen LogP contribution >= 0.6 is 15.9 Å². The van der Waals surface area contributed by atoms with Crippen LogP contribution in [0.25, 0.3) is 0 Å². The summed E-state index contributed by atoms with van der Waals surface area (Å²) in [6, 6.07) is 6.48. The first-order valence-corrected chi connectivity index (χ1v) is 6.47. The van der Waals surface area contributed by atoms with Crippen LogP contribution in [0, 0.1) is 5.82 Å². The molecule has 0 saturated carbocycles. The monoisotopic (exact) mass is 312 g/mol. The largest absolute Gasteiger partial charge is 0.388 e. The predicted molar refractivity (Wildman–Crippen MR) is 70.6 cm³/mol. The lowest BCUT2D eigenvalue weighted by molar-refractivity contribution is 0.162. The predicted octanol–water partition coefficient (Wildman–Crippen LogP) is 2.99. The standard InChI is InChI=1S/C13H14BrFN2O/c1-17-10(6-7-16-17)3-5-13(18)11-8-9(14)2-4-12(11)15/h2,4,6-8,13,18H,3,5H2,1H3. The molecule has 1 unspecified atom stereocenters. The van der Waals surface area contributed by atoms with Crippen LogP contribution in [0.5, 0.6) is 0 Å². The number of halogens is 2. The van der Waals surface area contributed by atoms with E-state index in [1.54, 1.807) is 23.0 Å². The van der Waals surface area contributed by atoms with Crippen molar-refractivity contribution in [3.05, 3.63) is 52.0 Å². The smallest absolute Gasteiger partial charge is 0.129 e. The molecule has 0 fully saturated rings. The van der Waals surface area contributed by atoms with Crippen LogP contribution in [-0.4, -0.2) is 14.9 Å². The van der Waals surface area contributed by atoms with Crippen molar-refractivity contribution in [1.82, 2.24) is 9.78 Å². The van der Waals surface area contributed by atoms with Crippen LogP contribution in [0.1, 0.15) is 23.8 Å². The molecule has 96 valence electrons. The van der Waals surface area contributed by atoms with Crippen molar-refractivity contribution >= 4 is 15.9 Å². The van der Waals surface area contributed by atoms with Gasteiger partial charge in [0.2, 0.25) is 0 Å². The normalized spacial score (nSPS) is 12.7. The van der Waals surface area contributed by atoms with Gasteiger partial charge >= 0.3 is 0 Å². The molecule has 2 aromatic rings. The van der Waals surface area contributed by atoms with Crippen LogP contribution in [0.15, 0.2) is 34.9 Å². The number of benzene rings is 1. The van der Waals surface area contributed by atoms with E-state index in [0.717, 1.165) is 10.2 Å². The summed E-state index contributed by atoms with van der Waals surface area (Å²) in [6.45, 7) is 0. The third kappa shape index (κ3) is 2.97. The van der Waals surface area contributed by atoms with Gasteiger partial charge in [-0.05, 0) is 37.1 Å². The summed E-state index contributed by atoms with van der Waals surface area (Å²) in [5.41, 5.74) is 1.34. The van der Waals surface area contributed by atoms with Gasteiger partial charge in [0, 0.05) is 29.0 Å². The van der Waals surface area contributed by atoms with E-state index < -0.39 is 6.10 Å². The molecule has 0 amide bonds. The van der Waals surface area contributed by atoms with Crippen molar-refractivity contribution < 1.29 is 9.50 Å². The summed E-state index contributed by atoms with van der Waals surface area (Å²) in [6.07, 6.45) is 2.02. The number of aryl methyl sites for hydroxylation is 2. The summed E-state index contributed by atoms with van der Waals surface area (Å²) >= 11 is 3.27. The zero-order chi connectivity index (χ0) is 13.1. The summed E-state index contributed by atoms with van der Waals surface area (Å²) in [5, 5.41) is 14.1. The number of rotatable bonds is 4. The van der Waals surface area contributed by atoms with Gasteiger partial charge in [-0.25, -0.2) is 4.39 Å². The van der Waals surface area contributed by atoms with Gasteiger partial charge in [0.05, 0.1) is 6.10 Å². The Hall–Kier alpha value is -1.20. The average molecular weight is 313 g/mol. The number of aromatic nitrogens is 2. The lowest BCUT2D eigenvalue weighted by Crippen LogP contribution is -2.05. The Morgan fingerprint density at radius 2 is 2.22 bits per heavy atom. The van der Waals surface area contributed by atoms with E-state index in [0.29, 0.717) is 18.4 Å². The molecular formula is C13H14BrFN2O. The second kappa shape index (κ2) is 5.63. The Morgan fingerprint density at radius 1 is 1.44 bits per heavy atom. The second-order valence-corrected chi connectivity index (χ2v) is 5.08. The summed E-state index contributed by atoms with van der Waals surface area (Å²) < 4.78 is 16.1. The Bertz CT molecular complexity index is 542. The maximum atomic E-state index is 13.6. The zero-order valence-corrected chi connectivity index (χ0v) is 11.6. The van der Waals surface area contributed by atoms with Gasteiger partial charge in [0.1, 0.15) is 5.82 Å². The van der Waals surface area contributed by atoms with Crippen LogP contribution in [0.3, 0.4) is 0 Å². The minimum Gasteiger partial charge on any atom is -0.388 e. The molecule has 0 saturated heterocycles. The summed E-state index contributed by atoms with van der Waals surface area (Å²) in [4.78, 5) is 0. The van der Waals surface area contributed by atoms with Gasteiger partial charge in [0.25, 0.3) is 0 Å². The Kier molecular flexibility index (Phi) is 4.14. The molecule has 0 spiro atoms. The van der Waals surface area contributed by atoms with Crippen molar-refractivity contribution in [1.29, 1.82) is 0 Å². The van der Waals surface area contributed by atoms with Gasteiger partial charge in [0.15, 0.2) is 0 Å². The highest BCUT2D eigenvalue weighted by Crippen LogP contribution is 2.25. The topological polar surface area (TPSA) is 38.0 Å². The average Bonchev–Trinajstić information content (AvgIpc) is 2.75. The molecule has 1 aromatic heterocycles. The molecule has 5 heteroatoms. The molecule has 3 nitrogen and oxygen atoms in total. The Labute approximate surface area is 113 Å². The highest BCUT2D eigenvalue weighted by Gasteiger charge is 2.14. The molecular weight excluding hydrogens is 299 g/mol. The first kappa shape index (κ1) is 13.2. The van der Waals surface area contributed by atoms with Crippen molar-refractivity contribution in [3.63, 3.8) is 0 Å². The first-order valence-electron chi connectivity index (χ1n) is 5.68. The molecule has 0 aliphatic rings. The Balaban J connectivity index is 2.06. The van der Waals surface area contributed by atoms with Gasteiger partial charge < -0.3 is 5.11 Å². The van der Waals surface area contributed by atoms with E-state index >= 15 is 0 Å². The van der Waals surface area contributed by atoms with E-state index in [1.807, 2.05) is 13.1 Å². The van der Waals surface area contributed by atoms with E-state index in [9.17, 15) is 9.50 Å². The minimum absolute atomic E-state index is 0.326. The quantitative estimate of drug-likeness (QED) is 0.942. The van der Waals surface area contributed by atoms with Crippen molar-refractivity contribution in [2.75, 3.05) is 0 Å². The number of aliphatic hydroxyl groups is 1. The third-order valence-electron chi connectivity index (χ3n) is 2.91. The molecule has 0 radical (unpaired) electrons. The lowest BCUT2D eigenvalue weighted by Gasteiger charge is -2.12. The molecule has 0 aliphatic carbocycles. The van der Waals surface area contributed by atoms with Gasteiger partial charge in [-0.3, -0.25) is 4.68 Å². The van der Waals surface area contributed by atoms with E-state index in [4.69, 9.17) is 0 Å². The van der Waals surface area contributed by atoms with Gasteiger partial charge in [-0.15, -0.1) is 0 Å². The minimum atomic E-state index is -0.808. The van der Waals surface area contributed by atoms with Crippen molar-refractivity contribution in [3.8, 4) is 0 Å². The SMILES string of the molecule is Cn1nccc1CCC(O)c1cc(Br)ccc1F. The Morgan fingerprint density at radius 3 is 2.89 bits per heavy atom. The molecule has 2 rings (SSSR count).